The lowest BCUT2D eigenvalue weighted by Crippen LogP contribution is -2.42. The van der Waals surface area contributed by atoms with Crippen LogP contribution < -0.4 is 10.2 Å². The average Bonchev–Trinajstić information content (AvgIpc) is 3.21. The highest BCUT2D eigenvalue weighted by atomic mass is 16.6. The summed E-state index contributed by atoms with van der Waals surface area (Å²) in [4.78, 5) is 39.2. The summed E-state index contributed by atoms with van der Waals surface area (Å²) in [6, 6.07) is 4.37. The first kappa shape index (κ1) is 18.2. The largest absolute Gasteiger partial charge is 0.371 e. The number of benzene rings is 1. The van der Waals surface area contributed by atoms with E-state index in [0.29, 0.717) is 24.3 Å². The zero-order valence-electron chi connectivity index (χ0n) is 14.9. The van der Waals surface area contributed by atoms with Gasteiger partial charge in [0.15, 0.2) is 0 Å². The Balaban J connectivity index is 1.73. The molecule has 0 aliphatic carbocycles. The summed E-state index contributed by atoms with van der Waals surface area (Å²) in [5.41, 5.74) is 0.875. The van der Waals surface area contributed by atoms with Crippen LogP contribution >= 0.6 is 0 Å². The highest BCUT2D eigenvalue weighted by Gasteiger charge is 2.31. The lowest BCUT2D eigenvalue weighted by atomic mass is 9.94. The van der Waals surface area contributed by atoms with Gasteiger partial charge in [-0.2, -0.15) is 0 Å². The van der Waals surface area contributed by atoms with Crippen LogP contribution in [0, 0.1) is 16.0 Å². The highest BCUT2D eigenvalue weighted by Crippen LogP contribution is 2.30. The maximum Gasteiger partial charge on any atom is 0.270 e. The normalized spacial score (nSPS) is 18.0. The molecule has 1 N–H and O–H groups in total. The number of piperidine rings is 1. The maximum atomic E-state index is 12.6. The predicted octanol–water partition coefficient (Wildman–Crippen LogP) is 1.79. The van der Waals surface area contributed by atoms with Crippen molar-refractivity contribution in [2.75, 3.05) is 38.1 Å². The lowest BCUT2D eigenvalue weighted by Gasteiger charge is -2.35. The van der Waals surface area contributed by atoms with E-state index in [2.05, 4.69) is 5.32 Å². The monoisotopic (exact) mass is 360 g/mol. The summed E-state index contributed by atoms with van der Waals surface area (Å²) in [7, 11) is 1.51. The maximum absolute atomic E-state index is 12.6. The van der Waals surface area contributed by atoms with Crippen LogP contribution in [-0.2, 0) is 4.79 Å². The van der Waals surface area contributed by atoms with Crippen LogP contribution in [0.2, 0.25) is 0 Å². The predicted molar refractivity (Wildman–Crippen MR) is 97.2 cm³/mol. The Labute approximate surface area is 152 Å². The van der Waals surface area contributed by atoms with Gasteiger partial charge in [0.25, 0.3) is 11.6 Å². The number of amides is 2. The van der Waals surface area contributed by atoms with E-state index in [4.69, 9.17) is 0 Å². The fourth-order valence-corrected chi connectivity index (χ4v) is 3.79. The van der Waals surface area contributed by atoms with E-state index >= 15 is 0 Å². The second-order valence-electron chi connectivity index (χ2n) is 6.83. The van der Waals surface area contributed by atoms with E-state index < -0.39 is 4.92 Å². The van der Waals surface area contributed by atoms with Crippen molar-refractivity contribution in [3.63, 3.8) is 0 Å². The van der Waals surface area contributed by atoms with Gasteiger partial charge in [-0.1, -0.05) is 0 Å². The number of likely N-dealkylation sites (tertiary alicyclic amines) is 1. The number of nitrogens with one attached hydrogen (secondary N) is 1. The number of hydrogen-bond donors (Lipinski definition) is 1. The van der Waals surface area contributed by atoms with Crippen molar-refractivity contribution in [3.05, 3.63) is 33.9 Å². The van der Waals surface area contributed by atoms with Crippen LogP contribution in [0.25, 0.3) is 0 Å². The number of hydrogen-bond acceptors (Lipinski definition) is 5. The molecule has 0 aromatic heterocycles. The van der Waals surface area contributed by atoms with Crippen molar-refractivity contribution < 1.29 is 14.5 Å². The van der Waals surface area contributed by atoms with E-state index in [9.17, 15) is 19.7 Å². The Hall–Kier alpha value is -2.64. The molecule has 0 unspecified atom stereocenters. The number of non-ortho nitro benzene ring substituents is 1. The van der Waals surface area contributed by atoms with Gasteiger partial charge in [-0.15, -0.1) is 0 Å². The van der Waals surface area contributed by atoms with Crippen LogP contribution in [0.1, 0.15) is 36.0 Å². The van der Waals surface area contributed by atoms with E-state index in [-0.39, 0.29) is 23.4 Å². The van der Waals surface area contributed by atoms with Gasteiger partial charge in [0.2, 0.25) is 5.91 Å². The molecular formula is C18H24N4O4. The molecule has 2 saturated heterocycles. The second-order valence-corrected chi connectivity index (χ2v) is 6.83. The molecule has 2 heterocycles. The third-order valence-electron chi connectivity index (χ3n) is 5.27. The molecule has 26 heavy (non-hydrogen) atoms. The van der Waals surface area contributed by atoms with Crippen LogP contribution in [0.5, 0.6) is 0 Å². The minimum Gasteiger partial charge on any atom is -0.371 e. The van der Waals surface area contributed by atoms with Gasteiger partial charge in [0.05, 0.1) is 16.2 Å². The SMILES string of the molecule is CNC(=O)c1cc([N+](=O)[O-])ccc1N1CCC(C(=O)N2CCCC2)CC1. The number of rotatable bonds is 4. The van der Waals surface area contributed by atoms with Crippen molar-refractivity contribution in [2.45, 2.75) is 25.7 Å². The Bertz CT molecular complexity index is 707. The minimum atomic E-state index is -0.503. The summed E-state index contributed by atoms with van der Waals surface area (Å²) in [6.45, 7) is 3.04. The van der Waals surface area contributed by atoms with Crippen LogP contribution in [0.15, 0.2) is 18.2 Å². The molecule has 0 bridgehead atoms. The molecule has 2 fully saturated rings. The smallest absolute Gasteiger partial charge is 0.270 e. The average molecular weight is 360 g/mol. The number of nitro groups is 1. The molecule has 8 nitrogen and oxygen atoms in total. The van der Waals surface area contributed by atoms with Crippen LogP contribution in [0.3, 0.4) is 0 Å². The Morgan fingerprint density at radius 3 is 2.38 bits per heavy atom. The first-order valence-electron chi connectivity index (χ1n) is 9.05. The zero-order valence-corrected chi connectivity index (χ0v) is 14.9. The Morgan fingerprint density at radius 1 is 1.15 bits per heavy atom. The highest BCUT2D eigenvalue weighted by molar-refractivity contribution is 6.00. The van der Waals surface area contributed by atoms with Crippen LogP contribution in [-0.4, -0.2) is 54.9 Å². The van der Waals surface area contributed by atoms with Gasteiger partial charge < -0.3 is 15.1 Å². The second kappa shape index (κ2) is 7.72. The van der Waals surface area contributed by atoms with Crippen molar-refractivity contribution >= 4 is 23.2 Å². The van der Waals surface area contributed by atoms with Crippen molar-refractivity contribution in [1.29, 1.82) is 0 Å². The molecular weight excluding hydrogens is 336 g/mol. The molecule has 1 aromatic rings. The molecule has 0 radical (unpaired) electrons. The van der Waals surface area contributed by atoms with E-state index in [1.807, 2.05) is 9.80 Å². The Kier molecular flexibility index (Phi) is 5.39. The van der Waals surface area contributed by atoms with Gasteiger partial charge in [-0.25, -0.2) is 0 Å². The van der Waals surface area contributed by atoms with Gasteiger partial charge in [0, 0.05) is 51.3 Å². The molecule has 3 rings (SSSR count). The fraction of sp³-hybridized carbons (Fsp3) is 0.556. The van der Waals surface area contributed by atoms with Gasteiger partial charge in [-0.05, 0) is 31.7 Å². The summed E-state index contributed by atoms with van der Waals surface area (Å²) in [5, 5.41) is 13.6. The van der Waals surface area contributed by atoms with E-state index in [1.54, 1.807) is 6.07 Å². The third kappa shape index (κ3) is 3.63. The fourth-order valence-electron chi connectivity index (χ4n) is 3.79. The molecule has 1 aromatic carbocycles. The summed E-state index contributed by atoms with van der Waals surface area (Å²) >= 11 is 0. The van der Waals surface area contributed by atoms with Crippen molar-refractivity contribution in [3.8, 4) is 0 Å². The lowest BCUT2D eigenvalue weighted by molar-refractivity contribution is -0.384. The zero-order chi connectivity index (χ0) is 18.7. The van der Waals surface area contributed by atoms with Crippen molar-refractivity contribution in [2.24, 2.45) is 5.92 Å². The molecule has 140 valence electrons. The topological polar surface area (TPSA) is 95.8 Å². The van der Waals surface area contributed by atoms with Gasteiger partial charge in [0.1, 0.15) is 0 Å². The summed E-state index contributed by atoms with van der Waals surface area (Å²) in [6.07, 6.45) is 3.64. The van der Waals surface area contributed by atoms with E-state index in [0.717, 1.165) is 38.8 Å². The number of nitrogens with zero attached hydrogens (tertiary/aromatic N) is 3. The number of anilines is 1. The molecule has 8 heteroatoms. The standard InChI is InChI=1S/C18H24N4O4/c1-19-17(23)15-12-14(22(25)26)4-5-16(15)20-10-6-13(7-11-20)18(24)21-8-2-3-9-21/h4-5,12-13H,2-3,6-11H2,1H3,(H,19,23). The first-order valence-corrected chi connectivity index (χ1v) is 9.05. The quantitative estimate of drug-likeness (QED) is 0.652. The number of nitro benzene ring substituents is 1. The molecule has 2 amide bonds. The van der Waals surface area contributed by atoms with Gasteiger partial charge in [-0.3, -0.25) is 19.7 Å². The van der Waals surface area contributed by atoms with Gasteiger partial charge >= 0.3 is 0 Å². The van der Waals surface area contributed by atoms with E-state index in [1.165, 1.54) is 19.2 Å². The summed E-state index contributed by atoms with van der Waals surface area (Å²) < 4.78 is 0. The molecule has 0 spiro atoms. The number of carbonyl (C=O) groups excluding carboxylic acids is 2. The molecule has 2 aliphatic heterocycles. The van der Waals surface area contributed by atoms with Crippen molar-refractivity contribution in [1.82, 2.24) is 10.2 Å². The molecule has 0 saturated carbocycles. The third-order valence-corrected chi connectivity index (χ3v) is 5.27. The summed E-state index contributed by atoms with van der Waals surface area (Å²) in [5.74, 6) is -0.0674. The molecule has 2 aliphatic rings. The number of carbonyl (C=O) groups is 2. The first-order chi connectivity index (χ1) is 12.5. The Morgan fingerprint density at radius 2 is 1.81 bits per heavy atom. The minimum absolute atomic E-state index is 0.0332. The van der Waals surface area contributed by atoms with Crippen LogP contribution in [0.4, 0.5) is 11.4 Å². The molecule has 0 atom stereocenters.